The number of hydrogen-bond donors (Lipinski definition) is 0. The minimum atomic E-state index is 0.779. The van der Waals surface area contributed by atoms with Gasteiger partial charge in [-0.3, -0.25) is 0 Å². The van der Waals surface area contributed by atoms with Gasteiger partial charge in [-0.15, -0.1) is 0 Å². The van der Waals surface area contributed by atoms with Gasteiger partial charge in [0.2, 0.25) is 0 Å². The first-order valence-corrected chi connectivity index (χ1v) is 7.55. The lowest BCUT2D eigenvalue weighted by molar-refractivity contribution is 0.317. The molecular formula is C15H21NOS. The van der Waals surface area contributed by atoms with Crippen LogP contribution in [0, 0.1) is 10.7 Å². The van der Waals surface area contributed by atoms with Crippen molar-refractivity contribution < 1.29 is 4.74 Å². The van der Waals surface area contributed by atoms with Gasteiger partial charge >= 0.3 is 0 Å². The van der Waals surface area contributed by atoms with Crippen molar-refractivity contribution in [2.24, 2.45) is 0 Å². The largest absolute Gasteiger partial charge is 0.494 e. The van der Waals surface area contributed by atoms with E-state index in [9.17, 15) is 0 Å². The fourth-order valence-corrected chi connectivity index (χ4v) is 2.25. The number of ether oxygens (including phenoxy) is 1. The van der Waals surface area contributed by atoms with Crippen LogP contribution < -0.4 is 4.74 Å². The van der Waals surface area contributed by atoms with Crippen LogP contribution in [0.4, 0.5) is 0 Å². The summed E-state index contributed by atoms with van der Waals surface area (Å²) in [6.07, 6.45) is 4.17. The van der Waals surface area contributed by atoms with Gasteiger partial charge in [-0.25, -0.2) is 0 Å². The second-order valence-electron chi connectivity index (χ2n) is 4.18. The van der Waals surface area contributed by atoms with Gasteiger partial charge in [0.25, 0.3) is 0 Å². The second-order valence-corrected chi connectivity index (χ2v) is 5.06. The molecule has 0 fully saturated rings. The summed E-state index contributed by atoms with van der Waals surface area (Å²) in [5.41, 5.74) is 2.76. The van der Waals surface area contributed by atoms with Crippen molar-refractivity contribution in [3.8, 4) is 11.2 Å². The molecule has 0 aliphatic rings. The molecule has 0 unspecified atom stereocenters. The summed E-state index contributed by atoms with van der Waals surface area (Å²) in [7, 11) is 0. The number of nitriles is 1. The van der Waals surface area contributed by atoms with Crippen molar-refractivity contribution in [1.29, 1.82) is 5.26 Å². The molecule has 1 aromatic rings. The molecule has 1 aromatic carbocycles. The van der Waals surface area contributed by atoms with Gasteiger partial charge in [0, 0.05) is 5.75 Å². The number of hydrogen-bond acceptors (Lipinski definition) is 3. The Labute approximate surface area is 114 Å². The van der Waals surface area contributed by atoms with Gasteiger partial charge in [0.1, 0.15) is 11.2 Å². The van der Waals surface area contributed by atoms with Crippen LogP contribution in [-0.4, -0.2) is 12.4 Å². The molecule has 0 saturated heterocycles. The van der Waals surface area contributed by atoms with E-state index < -0.39 is 0 Å². The predicted octanol–water partition coefficient (Wildman–Crippen LogP) is 4.18. The van der Waals surface area contributed by atoms with Gasteiger partial charge < -0.3 is 4.74 Å². The Morgan fingerprint density at radius 2 is 2.11 bits per heavy atom. The maximum atomic E-state index is 8.48. The van der Waals surface area contributed by atoms with E-state index in [2.05, 4.69) is 37.4 Å². The molecule has 0 aliphatic carbocycles. The lowest BCUT2D eigenvalue weighted by Gasteiger charge is -2.11. The first kappa shape index (κ1) is 14.9. The number of benzene rings is 1. The standard InChI is InChI=1S/C15H21NOS/c1-3-9-17-15-8-7-14(13(4-2)11-15)6-5-10-18-12-16/h7-8,11H,3-6,9-10H2,1-2H3. The van der Waals surface area contributed by atoms with Crippen molar-refractivity contribution in [3.63, 3.8) is 0 Å². The van der Waals surface area contributed by atoms with Crippen LogP contribution >= 0.6 is 11.8 Å². The van der Waals surface area contributed by atoms with Gasteiger partial charge in [0.15, 0.2) is 0 Å². The molecule has 2 nitrogen and oxygen atoms in total. The van der Waals surface area contributed by atoms with E-state index in [1.54, 1.807) is 0 Å². The normalized spacial score (nSPS) is 10.1. The SMILES string of the molecule is CCCOc1ccc(CCCSC#N)c(CC)c1. The minimum Gasteiger partial charge on any atom is -0.494 e. The highest BCUT2D eigenvalue weighted by Gasteiger charge is 2.03. The summed E-state index contributed by atoms with van der Waals surface area (Å²) in [5, 5.41) is 10.6. The molecule has 0 saturated carbocycles. The Balaban J connectivity index is 2.59. The van der Waals surface area contributed by atoms with Crippen LogP contribution in [0.15, 0.2) is 18.2 Å². The van der Waals surface area contributed by atoms with E-state index in [0.29, 0.717) is 0 Å². The molecule has 0 radical (unpaired) electrons. The monoisotopic (exact) mass is 263 g/mol. The van der Waals surface area contributed by atoms with Crippen molar-refractivity contribution >= 4 is 11.8 Å². The molecule has 0 aliphatic heterocycles. The van der Waals surface area contributed by atoms with Crippen LogP contribution in [0.3, 0.4) is 0 Å². The van der Waals surface area contributed by atoms with Crippen molar-refractivity contribution in [2.45, 2.75) is 39.5 Å². The minimum absolute atomic E-state index is 0.779. The summed E-state index contributed by atoms with van der Waals surface area (Å²) in [6.45, 7) is 5.07. The number of aryl methyl sites for hydroxylation is 2. The summed E-state index contributed by atoms with van der Waals surface area (Å²) in [5.74, 6) is 1.89. The van der Waals surface area contributed by atoms with E-state index >= 15 is 0 Å². The molecule has 0 spiro atoms. The highest BCUT2D eigenvalue weighted by atomic mass is 32.2. The van der Waals surface area contributed by atoms with Crippen LogP contribution in [0.1, 0.15) is 37.8 Å². The zero-order valence-electron chi connectivity index (χ0n) is 11.2. The zero-order valence-corrected chi connectivity index (χ0v) is 12.1. The highest BCUT2D eigenvalue weighted by Crippen LogP contribution is 2.20. The molecule has 0 aromatic heterocycles. The second kappa shape index (κ2) is 8.88. The predicted molar refractivity (Wildman–Crippen MR) is 78.0 cm³/mol. The average molecular weight is 263 g/mol. The smallest absolute Gasteiger partial charge is 0.133 e. The number of rotatable bonds is 8. The maximum Gasteiger partial charge on any atom is 0.133 e. The van der Waals surface area contributed by atoms with Crippen LogP contribution in [0.2, 0.25) is 0 Å². The first-order chi connectivity index (χ1) is 8.81. The molecule has 1 rings (SSSR count). The molecule has 0 heterocycles. The molecule has 98 valence electrons. The van der Waals surface area contributed by atoms with E-state index in [-0.39, 0.29) is 0 Å². The maximum absolute atomic E-state index is 8.48. The topological polar surface area (TPSA) is 33.0 Å². The van der Waals surface area contributed by atoms with Gasteiger partial charge in [-0.2, -0.15) is 5.26 Å². The summed E-state index contributed by atoms with van der Waals surface area (Å²) >= 11 is 1.34. The highest BCUT2D eigenvalue weighted by molar-refractivity contribution is 8.03. The van der Waals surface area contributed by atoms with Crippen molar-refractivity contribution in [1.82, 2.24) is 0 Å². The molecular weight excluding hydrogens is 242 g/mol. The third kappa shape index (κ3) is 5.01. The van der Waals surface area contributed by atoms with Crippen LogP contribution in [-0.2, 0) is 12.8 Å². The Hall–Kier alpha value is -1.14. The van der Waals surface area contributed by atoms with E-state index in [1.807, 2.05) is 0 Å². The third-order valence-electron chi connectivity index (χ3n) is 2.79. The lowest BCUT2D eigenvalue weighted by Crippen LogP contribution is -1.99. The third-order valence-corrected chi connectivity index (χ3v) is 3.41. The molecule has 3 heteroatoms. The summed E-state index contributed by atoms with van der Waals surface area (Å²) < 4.78 is 5.65. The molecule has 0 amide bonds. The quantitative estimate of drug-likeness (QED) is 0.521. The average Bonchev–Trinajstić information content (AvgIpc) is 2.42. The van der Waals surface area contributed by atoms with Gasteiger partial charge in [-0.1, -0.05) is 19.9 Å². The summed E-state index contributed by atoms with van der Waals surface area (Å²) in [4.78, 5) is 0. The number of thioether (sulfide) groups is 1. The fraction of sp³-hybridized carbons (Fsp3) is 0.533. The van der Waals surface area contributed by atoms with Crippen molar-refractivity contribution in [2.75, 3.05) is 12.4 Å². The van der Waals surface area contributed by atoms with E-state index in [1.165, 1.54) is 22.9 Å². The molecule has 0 bridgehead atoms. The lowest BCUT2D eigenvalue weighted by atomic mass is 10.0. The Morgan fingerprint density at radius 3 is 2.78 bits per heavy atom. The zero-order chi connectivity index (χ0) is 13.2. The van der Waals surface area contributed by atoms with Crippen LogP contribution in [0.25, 0.3) is 0 Å². The van der Waals surface area contributed by atoms with E-state index in [0.717, 1.165) is 43.8 Å². The van der Waals surface area contributed by atoms with Gasteiger partial charge in [-0.05, 0) is 60.7 Å². The van der Waals surface area contributed by atoms with Gasteiger partial charge in [0.05, 0.1) is 6.61 Å². The molecule has 18 heavy (non-hydrogen) atoms. The van der Waals surface area contributed by atoms with E-state index in [4.69, 9.17) is 10.00 Å². The molecule has 0 atom stereocenters. The Kier molecular flexibility index (Phi) is 7.36. The Bertz CT molecular complexity index is 398. The first-order valence-electron chi connectivity index (χ1n) is 6.57. The van der Waals surface area contributed by atoms with Crippen molar-refractivity contribution in [3.05, 3.63) is 29.3 Å². The number of nitrogens with zero attached hydrogens (tertiary/aromatic N) is 1. The van der Waals surface area contributed by atoms with Crippen LogP contribution in [0.5, 0.6) is 5.75 Å². The summed E-state index contributed by atoms with van der Waals surface area (Å²) in [6, 6.07) is 6.38. The Morgan fingerprint density at radius 1 is 1.28 bits per heavy atom. The number of thiocyanates is 1. The fourth-order valence-electron chi connectivity index (χ4n) is 1.87. The molecule has 0 N–H and O–H groups in total.